The first kappa shape index (κ1) is 21.1. The summed E-state index contributed by atoms with van der Waals surface area (Å²) in [5.41, 5.74) is 1.13. The third-order valence-electron chi connectivity index (χ3n) is 5.00. The van der Waals surface area contributed by atoms with E-state index in [1.165, 1.54) is 29.0 Å². The van der Waals surface area contributed by atoms with Crippen molar-refractivity contribution in [3.63, 3.8) is 0 Å². The molecule has 1 atom stereocenters. The van der Waals surface area contributed by atoms with E-state index in [9.17, 15) is 5.11 Å². The fourth-order valence-corrected chi connectivity index (χ4v) is 4.39. The fourth-order valence-electron chi connectivity index (χ4n) is 3.53. The number of aryl methyl sites for hydroxylation is 1. The largest absolute Gasteiger partial charge is 0.493 e. The second-order valence-electron chi connectivity index (χ2n) is 7.43. The Morgan fingerprint density at radius 3 is 2.64 bits per heavy atom. The minimum Gasteiger partial charge on any atom is -0.493 e. The van der Waals surface area contributed by atoms with Gasteiger partial charge >= 0.3 is 0 Å². The number of thiophene rings is 1. The average molecular weight is 405 g/mol. The first-order valence-corrected chi connectivity index (χ1v) is 10.9. The zero-order chi connectivity index (χ0) is 19.8. The summed E-state index contributed by atoms with van der Waals surface area (Å²) in [7, 11) is 1.64. The average Bonchev–Trinajstić information content (AvgIpc) is 3.12. The maximum atomic E-state index is 10.3. The quantitative estimate of drug-likeness (QED) is 0.634. The molecule has 1 aliphatic rings. The molecule has 2 aromatic rings. The highest BCUT2D eigenvalue weighted by molar-refractivity contribution is 7.11. The van der Waals surface area contributed by atoms with Gasteiger partial charge in [-0.25, -0.2) is 0 Å². The van der Waals surface area contributed by atoms with Crippen molar-refractivity contribution in [2.75, 3.05) is 33.4 Å². The van der Waals surface area contributed by atoms with Crippen LogP contribution in [0.3, 0.4) is 0 Å². The molecule has 0 saturated carbocycles. The summed E-state index contributed by atoms with van der Waals surface area (Å²) >= 11 is 1.82. The second kappa shape index (κ2) is 10.8. The molecule has 1 aromatic carbocycles. The van der Waals surface area contributed by atoms with Gasteiger partial charge in [0.1, 0.15) is 12.7 Å². The van der Waals surface area contributed by atoms with Crippen LogP contribution in [0.2, 0.25) is 0 Å². The Hall–Kier alpha value is -1.60. The lowest BCUT2D eigenvalue weighted by Gasteiger charge is -2.28. The summed E-state index contributed by atoms with van der Waals surface area (Å²) < 4.78 is 11.3. The second-order valence-corrected chi connectivity index (χ2v) is 8.80. The summed E-state index contributed by atoms with van der Waals surface area (Å²) in [5.74, 6) is 1.38. The van der Waals surface area contributed by atoms with E-state index in [0.29, 0.717) is 18.0 Å². The number of likely N-dealkylation sites (tertiary alicyclic amines) is 1. The highest BCUT2D eigenvalue weighted by atomic mass is 32.1. The van der Waals surface area contributed by atoms with Crippen molar-refractivity contribution >= 4 is 11.3 Å². The maximum absolute atomic E-state index is 10.3. The highest BCUT2D eigenvalue weighted by Crippen LogP contribution is 2.28. The van der Waals surface area contributed by atoms with Gasteiger partial charge in [-0.3, -0.25) is 0 Å². The summed E-state index contributed by atoms with van der Waals surface area (Å²) in [5, 5.41) is 13.8. The number of piperidine rings is 1. The lowest BCUT2D eigenvalue weighted by molar-refractivity contribution is 0.0608. The summed E-state index contributed by atoms with van der Waals surface area (Å²) in [6.45, 7) is 6.84. The van der Waals surface area contributed by atoms with Crippen molar-refractivity contribution in [2.24, 2.45) is 0 Å². The van der Waals surface area contributed by atoms with Crippen molar-refractivity contribution in [3.8, 4) is 11.5 Å². The predicted molar refractivity (Wildman–Crippen MR) is 114 cm³/mol. The van der Waals surface area contributed by atoms with E-state index < -0.39 is 6.10 Å². The first-order valence-electron chi connectivity index (χ1n) is 10.1. The van der Waals surface area contributed by atoms with Gasteiger partial charge in [0.2, 0.25) is 0 Å². The Kier molecular flexibility index (Phi) is 8.15. The SMILES string of the molecule is COc1ccc(CNCc2ccc(C)s2)cc1OC[C@@H](O)CN1CCCCC1. The molecule has 0 aliphatic carbocycles. The topological polar surface area (TPSA) is 54.0 Å². The van der Waals surface area contributed by atoms with E-state index in [0.717, 1.165) is 31.7 Å². The number of β-amino-alcohol motifs (C(OH)–C–C–N with tert-alkyl or cyclic N) is 1. The number of benzene rings is 1. The van der Waals surface area contributed by atoms with Gasteiger partial charge < -0.3 is 24.8 Å². The van der Waals surface area contributed by atoms with Crippen LogP contribution in [0.1, 0.15) is 34.6 Å². The van der Waals surface area contributed by atoms with Gasteiger partial charge in [-0.05, 0) is 62.7 Å². The standard InChI is InChI=1S/C22H32N2O3S/c1-17-6-8-20(28-17)14-23-13-18-7-9-21(26-2)22(12-18)27-16-19(25)15-24-10-4-3-5-11-24/h6-9,12,19,23,25H,3-5,10-11,13-16H2,1-2H3/t19-/m0/s1. The lowest BCUT2D eigenvalue weighted by atomic mass is 10.1. The molecule has 2 heterocycles. The molecule has 3 rings (SSSR count). The molecule has 1 fully saturated rings. The van der Waals surface area contributed by atoms with E-state index in [1.54, 1.807) is 7.11 Å². The lowest BCUT2D eigenvalue weighted by Crippen LogP contribution is -2.38. The van der Waals surface area contributed by atoms with Crippen molar-refractivity contribution in [1.29, 1.82) is 0 Å². The molecule has 2 N–H and O–H groups in total. The highest BCUT2D eigenvalue weighted by Gasteiger charge is 2.16. The number of aliphatic hydroxyl groups excluding tert-OH is 1. The molecule has 1 aromatic heterocycles. The number of hydrogen-bond acceptors (Lipinski definition) is 6. The normalized spacial score (nSPS) is 16.1. The molecule has 0 unspecified atom stereocenters. The molecular weight excluding hydrogens is 372 g/mol. The monoisotopic (exact) mass is 404 g/mol. The van der Waals surface area contributed by atoms with E-state index in [2.05, 4.69) is 29.3 Å². The number of rotatable bonds is 10. The van der Waals surface area contributed by atoms with Gasteiger partial charge in [-0.1, -0.05) is 12.5 Å². The molecule has 1 aliphatic heterocycles. The third-order valence-corrected chi connectivity index (χ3v) is 6.00. The van der Waals surface area contributed by atoms with Crippen LogP contribution in [0.15, 0.2) is 30.3 Å². The van der Waals surface area contributed by atoms with Crippen LogP contribution in [-0.4, -0.2) is 49.5 Å². The molecule has 154 valence electrons. The van der Waals surface area contributed by atoms with E-state index in [4.69, 9.17) is 9.47 Å². The number of ether oxygens (including phenoxy) is 2. The Labute approximate surface area is 172 Å². The third kappa shape index (κ3) is 6.48. The summed E-state index contributed by atoms with van der Waals surface area (Å²) in [6.07, 6.45) is 3.25. The van der Waals surface area contributed by atoms with Gasteiger partial charge in [-0.2, -0.15) is 0 Å². The zero-order valence-electron chi connectivity index (χ0n) is 16.9. The van der Waals surface area contributed by atoms with Gasteiger partial charge in [0.25, 0.3) is 0 Å². The molecular formula is C22H32N2O3S. The minimum absolute atomic E-state index is 0.276. The molecule has 0 spiro atoms. The Bertz CT molecular complexity index is 728. The molecule has 5 nitrogen and oxygen atoms in total. The van der Waals surface area contributed by atoms with Gasteiger partial charge in [0.15, 0.2) is 11.5 Å². The summed E-state index contributed by atoms with van der Waals surface area (Å²) in [6, 6.07) is 10.3. The van der Waals surface area contributed by atoms with Gasteiger partial charge in [0.05, 0.1) is 7.11 Å². The van der Waals surface area contributed by atoms with Gasteiger partial charge in [0, 0.05) is 29.4 Å². The van der Waals surface area contributed by atoms with Gasteiger partial charge in [-0.15, -0.1) is 11.3 Å². The number of nitrogens with one attached hydrogen (secondary N) is 1. The molecule has 1 saturated heterocycles. The van der Waals surface area contributed by atoms with Crippen molar-refractivity contribution in [3.05, 3.63) is 45.6 Å². The first-order chi connectivity index (χ1) is 13.6. The summed E-state index contributed by atoms with van der Waals surface area (Å²) in [4.78, 5) is 4.99. The Balaban J connectivity index is 1.50. The van der Waals surface area contributed by atoms with Crippen LogP contribution in [0.4, 0.5) is 0 Å². The molecule has 28 heavy (non-hydrogen) atoms. The minimum atomic E-state index is -0.494. The molecule has 0 bridgehead atoms. The van der Waals surface area contributed by atoms with Crippen LogP contribution in [0.25, 0.3) is 0 Å². The Morgan fingerprint density at radius 1 is 1.11 bits per heavy atom. The Morgan fingerprint density at radius 2 is 1.93 bits per heavy atom. The molecule has 0 amide bonds. The smallest absolute Gasteiger partial charge is 0.161 e. The van der Waals surface area contributed by atoms with Crippen LogP contribution in [-0.2, 0) is 13.1 Å². The van der Waals surface area contributed by atoms with Crippen molar-refractivity contribution < 1.29 is 14.6 Å². The van der Waals surface area contributed by atoms with Crippen LogP contribution < -0.4 is 14.8 Å². The predicted octanol–water partition coefficient (Wildman–Crippen LogP) is 3.58. The van der Waals surface area contributed by atoms with Crippen LogP contribution in [0, 0.1) is 6.92 Å². The fraction of sp³-hybridized carbons (Fsp3) is 0.545. The molecule has 6 heteroatoms. The van der Waals surface area contributed by atoms with E-state index in [1.807, 2.05) is 29.5 Å². The van der Waals surface area contributed by atoms with Crippen LogP contribution >= 0.6 is 11.3 Å². The molecule has 0 radical (unpaired) electrons. The van der Waals surface area contributed by atoms with Crippen molar-refractivity contribution in [2.45, 2.75) is 45.4 Å². The van der Waals surface area contributed by atoms with E-state index in [-0.39, 0.29) is 6.61 Å². The zero-order valence-corrected chi connectivity index (χ0v) is 17.8. The van der Waals surface area contributed by atoms with E-state index >= 15 is 0 Å². The van der Waals surface area contributed by atoms with Crippen molar-refractivity contribution in [1.82, 2.24) is 10.2 Å². The van der Waals surface area contributed by atoms with Crippen LogP contribution in [0.5, 0.6) is 11.5 Å². The number of aliphatic hydroxyl groups is 1. The number of nitrogens with zero attached hydrogens (tertiary/aromatic N) is 1. The maximum Gasteiger partial charge on any atom is 0.161 e. The number of methoxy groups -OCH3 is 1. The number of hydrogen-bond donors (Lipinski definition) is 2.